The Morgan fingerprint density at radius 2 is 1.90 bits per heavy atom. The van der Waals surface area contributed by atoms with Crippen LogP contribution in [0.15, 0.2) is 53.3 Å². The number of likely N-dealkylation sites (N-methyl/N-ethyl adjacent to an activating group) is 1. The Labute approximate surface area is 127 Å². The molecule has 0 radical (unpaired) electrons. The number of carbonyl (C=O) groups excluding carboxylic acids is 1. The van der Waals surface area contributed by atoms with Crippen molar-refractivity contribution in [3.05, 3.63) is 58.8 Å². The molecule has 0 aliphatic carbocycles. The van der Waals surface area contributed by atoms with Crippen molar-refractivity contribution in [3.8, 4) is 0 Å². The first-order valence-electron chi connectivity index (χ1n) is 6.21. The predicted octanol–water partition coefficient (Wildman–Crippen LogP) is 3.09. The lowest BCUT2D eigenvalue weighted by Gasteiger charge is -2.23. The summed E-state index contributed by atoms with van der Waals surface area (Å²) in [6, 6.07) is 13.0. The Kier molecular flexibility index (Phi) is 4.87. The highest BCUT2D eigenvalue weighted by Gasteiger charge is 2.22. The molecule has 2 aromatic rings. The van der Waals surface area contributed by atoms with Gasteiger partial charge in [0.2, 0.25) is 5.91 Å². The standard InChI is InChI=1S/C15H16BrN3O/c1-19(2)14(11-6-4-3-5-7-11)15(20)18-12-8-9-13(16)17-10-12/h3-10,14H,1-2H3,(H,18,20). The lowest BCUT2D eigenvalue weighted by molar-refractivity contribution is -0.120. The summed E-state index contributed by atoms with van der Waals surface area (Å²) in [5.74, 6) is -0.0784. The fourth-order valence-electron chi connectivity index (χ4n) is 1.98. The number of benzene rings is 1. The Bertz CT molecular complexity index is 569. The molecule has 1 aromatic carbocycles. The van der Waals surface area contributed by atoms with Crippen LogP contribution in [0.25, 0.3) is 0 Å². The average Bonchev–Trinajstić information content (AvgIpc) is 2.42. The first kappa shape index (κ1) is 14.7. The number of nitrogens with one attached hydrogen (secondary N) is 1. The molecule has 1 aromatic heterocycles. The SMILES string of the molecule is CN(C)C(C(=O)Nc1ccc(Br)nc1)c1ccccc1. The van der Waals surface area contributed by atoms with Crippen molar-refractivity contribution in [2.75, 3.05) is 19.4 Å². The summed E-state index contributed by atoms with van der Waals surface area (Å²) in [4.78, 5) is 18.4. The molecule has 2 rings (SSSR count). The number of carbonyl (C=O) groups is 1. The second-order valence-corrected chi connectivity index (χ2v) is 5.45. The number of rotatable bonds is 4. The third-order valence-corrected chi connectivity index (χ3v) is 3.34. The molecule has 0 fully saturated rings. The number of pyridine rings is 1. The van der Waals surface area contributed by atoms with Crippen LogP contribution in [-0.2, 0) is 4.79 Å². The monoisotopic (exact) mass is 333 g/mol. The molecule has 20 heavy (non-hydrogen) atoms. The average molecular weight is 334 g/mol. The van der Waals surface area contributed by atoms with E-state index < -0.39 is 0 Å². The molecule has 1 N–H and O–H groups in total. The minimum atomic E-state index is -0.333. The van der Waals surface area contributed by atoms with Crippen LogP contribution in [0.5, 0.6) is 0 Å². The molecule has 0 bridgehead atoms. The van der Waals surface area contributed by atoms with Crippen molar-refractivity contribution < 1.29 is 4.79 Å². The Balaban J connectivity index is 2.18. The van der Waals surface area contributed by atoms with Crippen molar-refractivity contribution in [3.63, 3.8) is 0 Å². The van der Waals surface area contributed by atoms with E-state index in [9.17, 15) is 4.79 Å². The van der Waals surface area contributed by atoms with E-state index in [-0.39, 0.29) is 11.9 Å². The third-order valence-electron chi connectivity index (χ3n) is 2.87. The van der Waals surface area contributed by atoms with E-state index in [0.29, 0.717) is 5.69 Å². The highest BCUT2D eigenvalue weighted by atomic mass is 79.9. The number of amides is 1. The van der Waals surface area contributed by atoms with Gasteiger partial charge in [0.1, 0.15) is 10.6 Å². The molecule has 5 heteroatoms. The second-order valence-electron chi connectivity index (χ2n) is 4.64. The summed E-state index contributed by atoms with van der Waals surface area (Å²) in [5, 5.41) is 2.89. The van der Waals surface area contributed by atoms with E-state index in [1.807, 2.05) is 55.4 Å². The van der Waals surface area contributed by atoms with Gasteiger partial charge in [-0.2, -0.15) is 0 Å². The van der Waals surface area contributed by atoms with Gasteiger partial charge in [-0.3, -0.25) is 9.69 Å². The highest BCUT2D eigenvalue weighted by molar-refractivity contribution is 9.10. The number of anilines is 1. The lowest BCUT2D eigenvalue weighted by Crippen LogP contribution is -2.32. The van der Waals surface area contributed by atoms with Crippen LogP contribution in [0.2, 0.25) is 0 Å². The molecule has 1 heterocycles. The topological polar surface area (TPSA) is 45.2 Å². The zero-order valence-electron chi connectivity index (χ0n) is 11.4. The van der Waals surface area contributed by atoms with Crippen molar-refractivity contribution in [2.24, 2.45) is 0 Å². The number of hydrogen-bond acceptors (Lipinski definition) is 3. The van der Waals surface area contributed by atoms with Crippen LogP contribution < -0.4 is 5.32 Å². The fourth-order valence-corrected chi connectivity index (χ4v) is 2.21. The summed E-state index contributed by atoms with van der Waals surface area (Å²) < 4.78 is 0.739. The fraction of sp³-hybridized carbons (Fsp3) is 0.200. The van der Waals surface area contributed by atoms with Crippen LogP contribution >= 0.6 is 15.9 Å². The van der Waals surface area contributed by atoms with Gasteiger partial charge in [0, 0.05) is 0 Å². The van der Waals surface area contributed by atoms with E-state index in [4.69, 9.17) is 0 Å². The normalized spacial score (nSPS) is 12.2. The van der Waals surface area contributed by atoms with Gasteiger partial charge in [0.05, 0.1) is 11.9 Å². The number of halogens is 1. The van der Waals surface area contributed by atoms with Crippen molar-refractivity contribution in [1.29, 1.82) is 0 Å². The molecule has 1 unspecified atom stereocenters. The third kappa shape index (κ3) is 3.65. The molecule has 1 amide bonds. The van der Waals surface area contributed by atoms with Gasteiger partial charge in [0.15, 0.2) is 0 Å². The molecule has 1 atom stereocenters. The van der Waals surface area contributed by atoms with E-state index in [1.54, 1.807) is 12.3 Å². The smallest absolute Gasteiger partial charge is 0.246 e. The quantitative estimate of drug-likeness (QED) is 0.874. The number of nitrogens with zero attached hydrogens (tertiary/aromatic N) is 2. The van der Waals surface area contributed by atoms with Crippen molar-refractivity contribution >= 4 is 27.5 Å². The molecule has 0 spiro atoms. The van der Waals surface area contributed by atoms with Gasteiger partial charge in [-0.15, -0.1) is 0 Å². The van der Waals surface area contributed by atoms with Crippen molar-refractivity contribution in [2.45, 2.75) is 6.04 Å². The largest absolute Gasteiger partial charge is 0.323 e. The molecule has 0 aliphatic heterocycles. The highest BCUT2D eigenvalue weighted by Crippen LogP contribution is 2.20. The first-order chi connectivity index (χ1) is 9.58. The molecule has 0 saturated heterocycles. The molecule has 104 valence electrons. The summed E-state index contributed by atoms with van der Waals surface area (Å²) in [6.45, 7) is 0. The second kappa shape index (κ2) is 6.63. The van der Waals surface area contributed by atoms with Crippen LogP contribution in [0.3, 0.4) is 0 Å². The molecule has 4 nitrogen and oxygen atoms in total. The van der Waals surface area contributed by atoms with Gasteiger partial charge in [-0.1, -0.05) is 30.3 Å². The summed E-state index contributed by atoms with van der Waals surface area (Å²) in [7, 11) is 3.77. The summed E-state index contributed by atoms with van der Waals surface area (Å²) >= 11 is 3.27. The lowest BCUT2D eigenvalue weighted by atomic mass is 10.1. The summed E-state index contributed by atoms with van der Waals surface area (Å²) in [6.07, 6.45) is 1.62. The van der Waals surface area contributed by atoms with Gasteiger partial charge in [-0.25, -0.2) is 4.98 Å². The number of hydrogen-bond donors (Lipinski definition) is 1. The van der Waals surface area contributed by atoms with E-state index >= 15 is 0 Å². The van der Waals surface area contributed by atoms with E-state index in [0.717, 1.165) is 10.2 Å². The number of aromatic nitrogens is 1. The Morgan fingerprint density at radius 1 is 1.20 bits per heavy atom. The summed E-state index contributed by atoms with van der Waals surface area (Å²) in [5.41, 5.74) is 1.64. The van der Waals surface area contributed by atoms with Crippen LogP contribution in [0.1, 0.15) is 11.6 Å². The zero-order chi connectivity index (χ0) is 14.5. The molecule has 0 saturated carbocycles. The first-order valence-corrected chi connectivity index (χ1v) is 7.01. The Hall–Kier alpha value is -1.72. The predicted molar refractivity (Wildman–Crippen MR) is 83.4 cm³/mol. The zero-order valence-corrected chi connectivity index (χ0v) is 13.0. The van der Waals surface area contributed by atoms with Gasteiger partial charge in [-0.05, 0) is 47.7 Å². The van der Waals surface area contributed by atoms with Gasteiger partial charge < -0.3 is 5.32 Å². The minimum absolute atomic E-state index is 0.0784. The van der Waals surface area contributed by atoms with Crippen LogP contribution in [-0.4, -0.2) is 29.9 Å². The van der Waals surface area contributed by atoms with Gasteiger partial charge >= 0.3 is 0 Å². The van der Waals surface area contributed by atoms with Gasteiger partial charge in [0.25, 0.3) is 0 Å². The van der Waals surface area contributed by atoms with E-state index in [2.05, 4.69) is 26.2 Å². The van der Waals surface area contributed by atoms with Crippen molar-refractivity contribution in [1.82, 2.24) is 9.88 Å². The molecular formula is C15H16BrN3O. The maximum atomic E-state index is 12.4. The molecular weight excluding hydrogens is 318 g/mol. The maximum Gasteiger partial charge on any atom is 0.246 e. The van der Waals surface area contributed by atoms with Crippen LogP contribution in [0, 0.1) is 0 Å². The van der Waals surface area contributed by atoms with E-state index in [1.165, 1.54) is 0 Å². The minimum Gasteiger partial charge on any atom is -0.323 e. The Morgan fingerprint density at radius 3 is 2.45 bits per heavy atom. The van der Waals surface area contributed by atoms with Crippen LogP contribution in [0.4, 0.5) is 5.69 Å². The molecule has 0 aliphatic rings. The maximum absolute atomic E-state index is 12.4.